The van der Waals surface area contributed by atoms with E-state index in [0.717, 1.165) is 0 Å². The second kappa shape index (κ2) is 18.5. The Labute approximate surface area is 257 Å². The zero-order valence-corrected chi connectivity index (χ0v) is 24.7. The number of phenols is 1. The van der Waals surface area contributed by atoms with Crippen LogP contribution in [0.2, 0.25) is 0 Å². The molecular formula is C25H36N6O10S2. The predicted octanol–water partition coefficient (Wildman–Crippen LogP) is -2.72. The number of carboxylic acids is 2. The van der Waals surface area contributed by atoms with Gasteiger partial charge in [-0.15, -0.1) is 0 Å². The van der Waals surface area contributed by atoms with E-state index in [0.29, 0.717) is 5.56 Å². The maximum atomic E-state index is 13.4. The zero-order valence-electron chi connectivity index (χ0n) is 22.9. The number of nitrogens with one attached hydrogen (secondary N) is 4. The van der Waals surface area contributed by atoms with Gasteiger partial charge in [0.2, 0.25) is 29.5 Å². The molecule has 0 heterocycles. The van der Waals surface area contributed by atoms with Crippen LogP contribution >= 0.6 is 25.3 Å². The number of amides is 5. The third kappa shape index (κ3) is 13.7. The van der Waals surface area contributed by atoms with E-state index < -0.39 is 78.1 Å². The van der Waals surface area contributed by atoms with E-state index in [1.54, 1.807) is 0 Å². The summed E-state index contributed by atoms with van der Waals surface area (Å²) in [6.07, 6.45) is -1.80. The molecule has 1 rings (SSSR count). The molecule has 0 bridgehead atoms. The number of carboxylic acid groups (broad SMARTS) is 2. The molecule has 18 heteroatoms. The van der Waals surface area contributed by atoms with Gasteiger partial charge < -0.3 is 48.1 Å². The molecule has 0 saturated carbocycles. The van der Waals surface area contributed by atoms with Crippen LogP contribution in [-0.4, -0.2) is 98.5 Å². The summed E-state index contributed by atoms with van der Waals surface area (Å²) in [5.41, 5.74) is 11.3. The molecule has 11 N–H and O–H groups in total. The fraction of sp³-hybridized carbons (Fsp3) is 0.480. The van der Waals surface area contributed by atoms with Gasteiger partial charge in [0.15, 0.2) is 0 Å². The van der Waals surface area contributed by atoms with E-state index in [1.165, 1.54) is 24.3 Å². The normalized spacial score (nSPS) is 14.2. The molecule has 0 saturated heterocycles. The minimum Gasteiger partial charge on any atom is -0.508 e. The fourth-order valence-corrected chi connectivity index (χ4v) is 3.95. The highest BCUT2D eigenvalue weighted by Gasteiger charge is 2.32. The molecule has 0 spiro atoms. The molecule has 0 fully saturated rings. The summed E-state index contributed by atoms with van der Waals surface area (Å²) in [5.74, 6) is -7.54. The van der Waals surface area contributed by atoms with Crippen molar-refractivity contribution in [2.24, 2.45) is 11.5 Å². The minimum absolute atomic E-state index is 0.0658. The van der Waals surface area contributed by atoms with E-state index >= 15 is 0 Å². The monoisotopic (exact) mass is 644 g/mol. The molecule has 16 nitrogen and oxygen atoms in total. The quantitative estimate of drug-likeness (QED) is 0.0688. The molecule has 0 aromatic heterocycles. The number of carbonyl (C=O) groups excluding carboxylic acids is 5. The van der Waals surface area contributed by atoms with Crippen molar-refractivity contribution < 1.29 is 48.9 Å². The van der Waals surface area contributed by atoms with Crippen molar-refractivity contribution in [2.45, 2.75) is 62.3 Å². The molecular weight excluding hydrogens is 608 g/mol. The number of primary amides is 1. The van der Waals surface area contributed by atoms with Crippen LogP contribution in [0.3, 0.4) is 0 Å². The third-order valence-electron chi connectivity index (χ3n) is 5.93. The number of aliphatic carboxylic acids is 2. The van der Waals surface area contributed by atoms with Crippen molar-refractivity contribution in [3.63, 3.8) is 0 Å². The number of thiol groups is 2. The molecule has 5 unspecified atom stereocenters. The minimum atomic E-state index is -1.50. The van der Waals surface area contributed by atoms with E-state index in [1.807, 2.05) is 0 Å². The molecule has 1 aromatic carbocycles. The van der Waals surface area contributed by atoms with Gasteiger partial charge in [-0.25, -0.2) is 4.79 Å². The van der Waals surface area contributed by atoms with Gasteiger partial charge in [0.1, 0.15) is 29.9 Å². The summed E-state index contributed by atoms with van der Waals surface area (Å²) in [4.78, 5) is 85.8. The van der Waals surface area contributed by atoms with E-state index in [-0.39, 0.29) is 42.9 Å². The Hall–Kier alpha value is -4.03. The number of hydrogen-bond acceptors (Lipinski definition) is 11. The predicted molar refractivity (Wildman–Crippen MR) is 158 cm³/mol. The van der Waals surface area contributed by atoms with Crippen LogP contribution in [-0.2, 0) is 40.0 Å². The van der Waals surface area contributed by atoms with Crippen LogP contribution in [0.15, 0.2) is 24.3 Å². The van der Waals surface area contributed by atoms with Gasteiger partial charge in [-0.1, -0.05) is 12.1 Å². The van der Waals surface area contributed by atoms with Crippen LogP contribution in [0.25, 0.3) is 0 Å². The van der Waals surface area contributed by atoms with Crippen LogP contribution in [0.1, 0.15) is 31.2 Å². The summed E-state index contributed by atoms with van der Waals surface area (Å²) in [6.45, 7) is 0. The zero-order chi connectivity index (χ0) is 32.7. The highest BCUT2D eigenvalue weighted by molar-refractivity contribution is 7.80. The van der Waals surface area contributed by atoms with Gasteiger partial charge in [-0.3, -0.25) is 28.8 Å². The summed E-state index contributed by atoms with van der Waals surface area (Å²) in [7, 11) is 0. The Morgan fingerprint density at radius 3 is 1.63 bits per heavy atom. The lowest BCUT2D eigenvalue weighted by Gasteiger charge is -2.26. The van der Waals surface area contributed by atoms with Crippen molar-refractivity contribution in [1.82, 2.24) is 21.3 Å². The molecule has 5 amide bonds. The number of phenolic OH excluding ortho intramolecular Hbond substituents is 1. The summed E-state index contributed by atoms with van der Waals surface area (Å²) in [6, 6.07) is -1.27. The van der Waals surface area contributed by atoms with Gasteiger partial charge in [-0.2, -0.15) is 25.3 Å². The summed E-state index contributed by atoms with van der Waals surface area (Å²) < 4.78 is 0. The highest BCUT2D eigenvalue weighted by atomic mass is 32.1. The SMILES string of the molecule is NC(=O)CCC(NC(=O)C(CCC(=O)O)NC(=O)C(N)CS)C(=O)NC(Cc1ccc(O)cc1)C(=O)NC(CS)C(=O)O. The molecule has 1 aromatic rings. The topological polar surface area (TPSA) is 280 Å². The van der Waals surface area contributed by atoms with Crippen molar-refractivity contribution in [3.8, 4) is 5.75 Å². The lowest BCUT2D eigenvalue weighted by atomic mass is 10.0. The Morgan fingerprint density at radius 1 is 0.698 bits per heavy atom. The molecule has 5 atom stereocenters. The second-order valence-corrected chi connectivity index (χ2v) is 10.1. The highest BCUT2D eigenvalue weighted by Crippen LogP contribution is 2.12. The second-order valence-electron chi connectivity index (χ2n) is 9.36. The van der Waals surface area contributed by atoms with Crippen LogP contribution in [0.4, 0.5) is 0 Å². The number of nitrogens with two attached hydrogens (primary N) is 2. The van der Waals surface area contributed by atoms with Crippen molar-refractivity contribution >= 4 is 66.7 Å². The van der Waals surface area contributed by atoms with Crippen molar-refractivity contribution in [3.05, 3.63) is 29.8 Å². The Kier molecular flexibility index (Phi) is 15.9. The van der Waals surface area contributed by atoms with E-state index in [4.69, 9.17) is 16.6 Å². The molecule has 238 valence electrons. The first kappa shape index (κ1) is 37.0. The van der Waals surface area contributed by atoms with Gasteiger partial charge in [0, 0.05) is 30.8 Å². The fourth-order valence-electron chi connectivity index (χ4n) is 3.53. The summed E-state index contributed by atoms with van der Waals surface area (Å²) >= 11 is 7.82. The summed E-state index contributed by atoms with van der Waals surface area (Å²) in [5, 5.41) is 37.3. The van der Waals surface area contributed by atoms with Gasteiger partial charge in [-0.05, 0) is 30.5 Å². The van der Waals surface area contributed by atoms with Crippen molar-refractivity contribution in [2.75, 3.05) is 11.5 Å². The molecule has 43 heavy (non-hydrogen) atoms. The largest absolute Gasteiger partial charge is 0.508 e. The number of aromatic hydroxyl groups is 1. The third-order valence-corrected chi connectivity index (χ3v) is 6.69. The van der Waals surface area contributed by atoms with Crippen LogP contribution < -0.4 is 32.7 Å². The molecule has 0 aliphatic rings. The first-order chi connectivity index (χ1) is 20.2. The van der Waals surface area contributed by atoms with Gasteiger partial charge in [0.25, 0.3) is 0 Å². The molecule has 0 radical (unpaired) electrons. The van der Waals surface area contributed by atoms with Crippen LogP contribution in [0, 0.1) is 0 Å². The van der Waals surface area contributed by atoms with E-state index in [9.17, 15) is 43.8 Å². The number of benzene rings is 1. The Bertz CT molecular complexity index is 1170. The lowest BCUT2D eigenvalue weighted by Crippen LogP contribution is -2.59. The molecule has 0 aliphatic heterocycles. The average molecular weight is 645 g/mol. The van der Waals surface area contributed by atoms with Gasteiger partial charge in [0.05, 0.1) is 6.04 Å². The average Bonchev–Trinajstić information content (AvgIpc) is 2.95. The Balaban J connectivity index is 3.28. The Morgan fingerprint density at radius 2 is 1.16 bits per heavy atom. The number of hydrogen-bond donors (Lipinski definition) is 11. The lowest BCUT2D eigenvalue weighted by molar-refractivity contribution is -0.141. The van der Waals surface area contributed by atoms with Gasteiger partial charge >= 0.3 is 11.9 Å². The first-order valence-corrected chi connectivity index (χ1v) is 14.1. The molecule has 0 aliphatic carbocycles. The number of carbonyl (C=O) groups is 7. The van der Waals surface area contributed by atoms with Crippen LogP contribution in [0.5, 0.6) is 5.75 Å². The smallest absolute Gasteiger partial charge is 0.327 e. The van der Waals surface area contributed by atoms with Crippen molar-refractivity contribution in [1.29, 1.82) is 0 Å². The number of rotatable bonds is 19. The maximum Gasteiger partial charge on any atom is 0.327 e. The van der Waals surface area contributed by atoms with E-state index in [2.05, 4.69) is 46.5 Å². The maximum absolute atomic E-state index is 13.4. The first-order valence-electron chi connectivity index (χ1n) is 12.9. The standard InChI is InChI=1S/C25H36N6O10S2/c26-14(10-42)21(36)28-16(6-8-20(34)35)22(37)29-15(5-7-19(27)33)23(38)30-17(9-12-1-3-13(32)4-2-12)24(39)31-18(11-43)25(40)41/h1-4,14-18,32,42-43H,5-11,26H2,(H2,27,33)(H,28,36)(H,29,37)(H,30,38)(H,31,39)(H,34,35)(H,40,41).